The minimum Gasteiger partial charge on any atom is -0.468 e. The van der Waals surface area contributed by atoms with Crippen LogP contribution in [0.3, 0.4) is 0 Å². The van der Waals surface area contributed by atoms with Crippen molar-refractivity contribution in [1.29, 1.82) is 0 Å². The Hall–Kier alpha value is -1.51. The summed E-state index contributed by atoms with van der Waals surface area (Å²) < 4.78 is 18.2. The standard InChI is InChI=1S/C14H15FO3S/c1-18-14(17)10-19-9-12-6-5-11(8-13(12)15)4-2-3-7-16/h5-6,8,16H,3,7,9-10H2,1H3. The van der Waals surface area contributed by atoms with Crippen LogP contribution in [0, 0.1) is 17.7 Å². The molecule has 1 N–H and O–H groups in total. The van der Waals surface area contributed by atoms with Crippen LogP contribution in [-0.4, -0.2) is 30.5 Å². The molecule has 0 amide bonds. The Balaban J connectivity index is 2.58. The fourth-order valence-corrected chi connectivity index (χ4v) is 2.11. The number of esters is 1. The summed E-state index contributed by atoms with van der Waals surface area (Å²) in [7, 11) is 1.32. The SMILES string of the molecule is COC(=O)CSCc1ccc(C#CCCO)cc1F. The lowest BCUT2D eigenvalue weighted by Crippen LogP contribution is -2.03. The zero-order valence-corrected chi connectivity index (χ0v) is 11.4. The highest BCUT2D eigenvalue weighted by molar-refractivity contribution is 7.99. The van der Waals surface area contributed by atoms with Gasteiger partial charge in [-0.3, -0.25) is 4.79 Å². The van der Waals surface area contributed by atoms with Crippen LogP contribution in [0.25, 0.3) is 0 Å². The number of hydrogen-bond acceptors (Lipinski definition) is 4. The largest absolute Gasteiger partial charge is 0.468 e. The average molecular weight is 282 g/mol. The Bertz CT molecular complexity index is 491. The fourth-order valence-electron chi connectivity index (χ4n) is 1.27. The van der Waals surface area contributed by atoms with E-state index in [-0.39, 0.29) is 24.1 Å². The smallest absolute Gasteiger partial charge is 0.315 e. The van der Waals surface area contributed by atoms with Crippen LogP contribution in [0.15, 0.2) is 18.2 Å². The number of methoxy groups -OCH3 is 1. The second kappa shape index (κ2) is 8.57. The average Bonchev–Trinajstić information content (AvgIpc) is 2.41. The maximum absolute atomic E-state index is 13.7. The summed E-state index contributed by atoms with van der Waals surface area (Å²) in [6.07, 6.45) is 0.373. The fraction of sp³-hybridized carbons (Fsp3) is 0.357. The lowest BCUT2D eigenvalue weighted by atomic mass is 10.1. The van der Waals surface area contributed by atoms with E-state index in [1.165, 1.54) is 24.9 Å². The molecule has 1 rings (SSSR count). The third kappa shape index (κ3) is 5.77. The zero-order valence-electron chi connectivity index (χ0n) is 10.6. The molecule has 1 aromatic rings. The summed E-state index contributed by atoms with van der Waals surface area (Å²) in [5, 5.41) is 8.59. The number of benzene rings is 1. The summed E-state index contributed by atoms with van der Waals surface area (Å²) in [4.78, 5) is 10.9. The molecule has 19 heavy (non-hydrogen) atoms. The Morgan fingerprint density at radius 2 is 2.32 bits per heavy atom. The van der Waals surface area contributed by atoms with Crippen molar-refractivity contribution in [3.05, 3.63) is 35.1 Å². The molecular weight excluding hydrogens is 267 g/mol. The van der Waals surface area contributed by atoms with Crippen LogP contribution in [0.1, 0.15) is 17.5 Å². The van der Waals surface area contributed by atoms with E-state index in [9.17, 15) is 9.18 Å². The summed E-state index contributed by atoms with van der Waals surface area (Å²) >= 11 is 1.30. The van der Waals surface area contributed by atoms with Gasteiger partial charge in [-0.25, -0.2) is 4.39 Å². The quantitative estimate of drug-likeness (QED) is 0.662. The summed E-state index contributed by atoms with van der Waals surface area (Å²) in [6, 6.07) is 4.74. The van der Waals surface area contributed by atoms with Crippen molar-refractivity contribution in [2.45, 2.75) is 12.2 Å². The predicted molar refractivity (Wildman–Crippen MR) is 73.2 cm³/mol. The van der Waals surface area contributed by atoms with Gasteiger partial charge in [0.15, 0.2) is 0 Å². The molecule has 0 aliphatic rings. The molecule has 3 nitrogen and oxygen atoms in total. The highest BCUT2D eigenvalue weighted by Crippen LogP contribution is 2.17. The third-order valence-corrected chi connectivity index (χ3v) is 3.18. The molecule has 0 aliphatic heterocycles. The number of rotatable bonds is 5. The number of aliphatic hydroxyl groups excluding tert-OH is 1. The molecule has 0 spiro atoms. The number of hydrogen-bond donors (Lipinski definition) is 1. The minimum atomic E-state index is -0.340. The van der Waals surface area contributed by atoms with Gasteiger partial charge in [-0.2, -0.15) is 0 Å². The van der Waals surface area contributed by atoms with Gasteiger partial charge in [0.05, 0.1) is 19.5 Å². The predicted octanol–water partition coefficient (Wildman–Crippen LogP) is 1.97. The van der Waals surface area contributed by atoms with Gasteiger partial charge < -0.3 is 9.84 Å². The van der Waals surface area contributed by atoms with Crippen molar-refractivity contribution in [1.82, 2.24) is 0 Å². The van der Waals surface area contributed by atoms with Crippen molar-refractivity contribution in [3.8, 4) is 11.8 Å². The molecule has 0 aliphatic carbocycles. The van der Waals surface area contributed by atoms with Crippen LogP contribution in [0.5, 0.6) is 0 Å². The molecule has 0 saturated heterocycles. The summed E-state index contributed by atoms with van der Waals surface area (Å²) in [6.45, 7) is -0.00225. The highest BCUT2D eigenvalue weighted by Gasteiger charge is 2.05. The second-order valence-corrected chi connectivity index (χ2v) is 4.64. The first-order chi connectivity index (χ1) is 9.17. The molecule has 0 bridgehead atoms. The lowest BCUT2D eigenvalue weighted by molar-refractivity contribution is -0.137. The Morgan fingerprint density at radius 1 is 1.53 bits per heavy atom. The normalized spacial score (nSPS) is 9.63. The number of carbonyl (C=O) groups excluding carboxylic acids is 1. The van der Waals surface area contributed by atoms with Crippen LogP contribution >= 0.6 is 11.8 Å². The molecular formula is C14H15FO3S. The first-order valence-electron chi connectivity index (χ1n) is 5.70. The van der Waals surface area contributed by atoms with Gasteiger partial charge in [0.1, 0.15) is 5.82 Å². The van der Waals surface area contributed by atoms with E-state index in [0.717, 1.165) is 0 Å². The highest BCUT2D eigenvalue weighted by atomic mass is 32.2. The molecule has 0 radical (unpaired) electrons. The van der Waals surface area contributed by atoms with Crippen molar-refractivity contribution < 1.29 is 19.0 Å². The van der Waals surface area contributed by atoms with Gasteiger partial charge in [-0.15, -0.1) is 11.8 Å². The Kier molecular flexibility index (Phi) is 7.01. The van der Waals surface area contributed by atoms with E-state index in [1.807, 2.05) is 0 Å². The van der Waals surface area contributed by atoms with Gasteiger partial charge in [0.25, 0.3) is 0 Å². The molecule has 0 unspecified atom stereocenters. The monoisotopic (exact) mass is 282 g/mol. The van der Waals surface area contributed by atoms with Crippen molar-refractivity contribution in [2.75, 3.05) is 19.5 Å². The van der Waals surface area contributed by atoms with Gasteiger partial charge in [-0.1, -0.05) is 17.9 Å². The zero-order chi connectivity index (χ0) is 14.1. The number of ether oxygens (including phenoxy) is 1. The topological polar surface area (TPSA) is 46.5 Å². The first-order valence-corrected chi connectivity index (χ1v) is 6.85. The molecule has 1 aromatic carbocycles. The van der Waals surface area contributed by atoms with E-state index >= 15 is 0 Å². The molecule has 0 heterocycles. The van der Waals surface area contributed by atoms with Gasteiger partial charge >= 0.3 is 5.97 Å². The van der Waals surface area contributed by atoms with Crippen LogP contribution < -0.4 is 0 Å². The number of aliphatic hydroxyl groups is 1. The van der Waals surface area contributed by atoms with Crippen LogP contribution in [0.2, 0.25) is 0 Å². The van der Waals surface area contributed by atoms with Gasteiger partial charge in [0, 0.05) is 17.7 Å². The van der Waals surface area contributed by atoms with E-state index in [1.54, 1.807) is 12.1 Å². The second-order valence-electron chi connectivity index (χ2n) is 3.65. The third-order valence-electron chi connectivity index (χ3n) is 2.23. The number of thioether (sulfide) groups is 1. The summed E-state index contributed by atoms with van der Waals surface area (Å²) in [5.74, 6) is 5.45. The number of halogens is 1. The molecule has 0 aromatic heterocycles. The van der Waals surface area contributed by atoms with Crippen molar-refractivity contribution in [3.63, 3.8) is 0 Å². The summed E-state index contributed by atoms with van der Waals surface area (Å²) in [5.41, 5.74) is 1.11. The minimum absolute atomic E-state index is 0.00225. The Labute approximate surface area is 116 Å². The first kappa shape index (κ1) is 15.5. The molecule has 0 fully saturated rings. The molecule has 102 valence electrons. The van der Waals surface area contributed by atoms with E-state index in [0.29, 0.717) is 23.3 Å². The van der Waals surface area contributed by atoms with E-state index < -0.39 is 0 Å². The molecule has 5 heteroatoms. The molecule has 0 atom stereocenters. The van der Waals surface area contributed by atoms with Crippen LogP contribution in [0.4, 0.5) is 4.39 Å². The number of carbonyl (C=O) groups is 1. The van der Waals surface area contributed by atoms with Gasteiger partial charge in [0.2, 0.25) is 0 Å². The molecule has 0 saturated carbocycles. The van der Waals surface area contributed by atoms with E-state index in [4.69, 9.17) is 5.11 Å². The van der Waals surface area contributed by atoms with Crippen LogP contribution in [-0.2, 0) is 15.3 Å². The maximum Gasteiger partial charge on any atom is 0.315 e. The van der Waals surface area contributed by atoms with Gasteiger partial charge in [-0.05, 0) is 17.7 Å². The lowest BCUT2D eigenvalue weighted by Gasteiger charge is -2.03. The van der Waals surface area contributed by atoms with Crippen molar-refractivity contribution >= 4 is 17.7 Å². The van der Waals surface area contributed by atoms with Crippen molar-refractivity contribution in [2.24, 2.45) is 0 Å². The Morgan fingerprint density at radius 3 is 2.95 bits per heavy atom. The maximum atomic E-state index is 13.7. The van der Waals surface area contributed by atoms with E-state index in [2.05, 4.69) is 16.6 Å².